The normalized spacial score (nSPS) is 22.9. The van der Waals surface area contributed by atoms with Gasteiger partial charge in [0.2, 0.25) is 0 Å². The Balaban J connectivity index is 1.69. The number of hydrogen-bond donors (Lipinski definition) is 4. The van der Waals surface area contributed by atoms with E-state index in [4.69, 9.17) is 0 Å². The van der Waals surface area contributed by atoms with E-state index in [-0.39, 0.29) is 5.91 Å². The van der Waals surface area contributed by atoms with Crippen LogP contribution in [0.3, 0.4) is 0 Å². The molecule has 4 N–H and O–H groups in total. The molecule has 3 aliphatic rings. The second-order valence-corrected chi connectivity index (χ2v) is 7.55. The molecule has 1 aromatic heterocycles. The lowest BCUT2D eigenvalue weighted by Gasteiger charge is -2.27. The molecule has 7 heteroatoms. The van der Waals surface area contributed by atoms with Gasteiger partial charge in [-0.1, -0.05) is 13.3 Å². The van der Waals surface area contributed by atoms with Crippen LogP contribution in [0, 0.1) is 12.8 Å². The van der Waals surface area contributed by atoms with E-state index in [0.29, 0.717) is 11.6 Å². The number of aromatic nitrogens is 1. The average molecular weight is 380 g/mol. The topological polar surface area (TPSA) is 93.7 Å². The van der Waals surface area contributed by atoms with Crippen LogP contribution in [0.1, 0.15) is 54.6 Å². The Bertz CT molecular complexity index is 872. The van der Waals surface area contributed by atoms with Crippen molar-refractivity contribution >= 4 is 23.9 Å². The first kappa shape index (κ1) is 18.7. The summed E-state index contributed by atoms with van der Waals surface area (Å²) in [6.07, 6.45) is 12.0. The highest BCUT2D eigenvalue weighted by Crippen LogP contribution is 2.41. The smallest absolute Gasteiger partial charge is 0.254 e. The van der Waals surface area contributed by atoms with Crippen molar-refractivity contribution in [3.05, 3.63) is 40.6 Å². The fraction of sp³-hybridized carbons (Fsp3) is 0.476. The van der Waals surface area contributed by atoms with Crippen LogP contribution in [0.4, 0.5) is 0 Å². The number of hydrogen-bond acceptors (Lipinski definition) is 5. The highest BCUT2D eigenvalue weighted by molar-refractivity contribution is 6.24. The number of hydrazone groups is 1. The van der Waals surface area contributed by atoms with Gasteiger partial charge in [-0.3, -0.25) is 9.79 Å². The zero-order valence-electron chi connectivity index (χ0n) is 16.5. The molecule has 0 bridgehead atoms. The lowest BCUT2D eigenvalue weighted by Crippen LogP contribution is -2.32. The number of aliphatic imine (C=N–C) groups is 1. The SMILES string of the molecule is CCNCCc1c(C)[nH]c(C=C2NC=CN=C2C2C=NNC2=O)c1C1CCC1. The van der Waals surface area contributed by atoms with Crippen molar-refractivity contribution in [1.29, 1.82) is 0 Å². The van der Waals surface area contributed by atoms with Gasteiger partial charge in [-0.25, -0.2) is 5.43 Å². The lowest BCUT2D eigenvalue weighted by atomic mass is 9.77. The molecule has 0 aromatic carbocycles. The molecule has 4 rings (SSSR count). The Morgan fingerprint density at radius 1 is 1.36 bits per heavy atom. The molecule has 28 heavy (non-hydrogen) atoms. The quantitative estimate of drug-likeness (QED) is 0.547. The molecular weight excluding hydrogens is 352 g/mol. The average Bonchev–Trinajstić information content (AvgIpc) is 3.19. The zero-order valence-corrected chi connectivity index (χ0v) is 16.5. The van der Waals surface area contributed by atoms with Gasteiger partial charge in [0, 0.05) is 30.0 Å². The Hall–Kier alpha value is -2.67. The first-order valence-electron chi connectivity index (χ1n) is 10.2. The maximum atomic E-state index is 12.1. The van der Waals surface area contributed by atoms with Gasteiger partial charge >= 0.3 is 0 Å². The third-order valence-corrected chi connectivity index (χ3v) is 5.77. The van der Waals surface area contributed by atoms with Crippen LogP contribution in [-0.2, 0) is 11.2 Å². The largest absolute Gasteiger partial charge is 0.359 e. The van der Waals surface area contributed by atoms with Crippen molar-refractivity contribution in [2.24, 2.45) is 16.0 Å². The number of likely N-dealkylation sites (N-methyl/N-ethyl adjacent to an activating group) is 1. The van der Waals surface area contributed by atoms with E-state index in [1.807, 2.05) is 0 Å². The number of nitrogens with one attached hydrogen (secondary N) is 4. The van der Waals surface area contributed by atoms with Gasteiger partial charge in [0.15, 0.2) is 0 Å². The van der Waals surface area contributed by atoms with Gasteiger partial charge in [0.25, 0.3) is 5.91 Å². The molecular formula is C21H28N6O. The summed E-state index contributed by atoms with van der Waals surface area (Å²) in [4.78, 5) is 20.2. The minimum absolute atomic E-state index is 0.144. The molecule has 148 valence electrons. The Kier molecular flexibility index (Phi) is 5.43. The van der Waals surface area contributed by atoms with Crippen molar-refractivity contribution in [1.82, 2.24) is 21.0 Å². The number of H-pyrrole nitrogens is 1. The molecule has 1 saturated carbocycles. The number of allylic oxidation sites excluding steroid dienone is 1. The van der Waals surface area contributed by atoms with Crippen molar-refractivity contribution in [3.8, 4) is 0 Å². The Morgan fingerprint density at radius 3 is 2.89 bits per heavy atom. The van der Waals surface area contributed by atoms with Crippen molar-refractivity contribution < 1.29 is 4.79 Å². The van der Waals surface area contributed by atoms with Crippen LogP contribution >= 0.6 is 0 Å². The van der Waals surface area contributed by atoms with Crippen LogP contribution in [0.15, 0.2) is 28.2 Å². The van der Waals surface area contributed by atoms with Crippen LogP contribution < -0.4 is 16.1 Å². The van der Waals surface area contributed by atoms with E-state index in [9.17, 15) is 4.79 Å². The lowest BCUT2D eigenvalue weighted by molar-refractivity contribution is -0.120. The van der Waals surface area contributed by atoms with Gasteiger partial charge in [0.05, 0.1) is 11.4 Å². The molecule has 1 aliphatic carbocycles. The first-order valence-corrected chi connectivity index (χ1v) is 10.2. The van der Waals surface area contributed by atoms with Crippen molar-refractivity contribution in [2.45, 2.75) is 45.4 Å². The number of aryl methyl sites for hydroxylation is 1. The van der Waals surface area contributed by atoms with Crippen molar-refractivity contribution in [2.75, 3.05) is 13.1 Å². The fourth-order valence-corrected chi connectivity index (χ4v) is 4.10. The molecule has 7 nitrogen and oxygen atoms in total. The molecule has 2 aliphatic heterocycles. The summed E-state index contributed by atoms with van der Waals surface area (Å²) >= 11 is 0. The molecule has 3 heterocycles. The van der Waals surface area contributed by atoms with E-state index in [1.54, 1.807) is 18.6 Å². The highest BCUT2D eigenvalue weighted by Gasteiger charge is 2.31. The van der Waals surface area contributed by atoms with Crippen LogP contribution in [-0.4, -0.2) is 35.9 Å². The second-order valence-electron chi connectivity index (χ2n) is 7.55. The number of nitrogens with zero attached hydrogens (tertiary/aromatic N) is 2. The summed E-state index contributed by atoms with van der Waals surface area (Å²) < 4.78 is 0. The van der Waals surface area contributed by atoms with Crippen molar-refractivity contribution in [3.63, 3.8) is 0 Å². The molecule has 1 aromatic rings. The van der Waals surface area contributed by atoms with Gasteiger partial charge < -0.3 is 15.6 Å². The standard InChI is InChI=1S/C21H28N6O/c1-3-22-8-7-15-13(2)26-17(19(15)14-5-4-6-14)11-18-20(24-10-9-23-18)16-12-25-27-21(16)28/h9-12,14,16,22-23,26H,3-8H2,1-2H3,(H,27,28). The highest BCUT2D eigenvalue weighted by atomic mass is 16.2. The maximum absolute atomic E-state index is 12.1. The van der Waals surface area contributed by atoms with Crippen LogP contribution in [0.2, 0.25) is 0 Å². The van der Waals surface area contributed by atoms with Crippen LogP contribution in [0.25, 0.3) is 6.08 Å². The monoisotopic (exact) mass is 380 g/mol. The summed E-state index contributed by atoms with van der Waals surface area (Å²) in [6.45, 7) is 6.27. The maximum Gasteiger partial charge on any atom is 0.254 e. The van der Waals surface area contributed by atoms with E-state index >= 15 is 0 Å². The third-order valence-electron chi connectivity index (χ3n) is 5.77. The first-order chi connectivity index (χ1) is 13.7. The predicted octanol–water partition coefficient (Wildman–Crippen LogP) is 2.33. The van der Waals surface area contributed by atoms with E-state index in [0.717, 1.165) is 30.9 Å². The molecule has 0 spiro atoms. The number of carbonyl (C=O) groups is 1. The van der Waals surface area contributed by atoms with Crippen LogP contribution in [0.5, 0.6) is 0 Å². The molecule has 0 radical (unpaired) electrons. The molecule has 0 saturated heterocycles. The number of amides is 1. The second kappa shape index (κ2) is 8.14. The van der Waals surface area contributed by atoms with Gasteiger partial charge in [-0.15, -0.1) is 0 Å². The number of rotatable bonds is 7. The third kappa shape index (κ3) is 3.54. The minimum Gasteiger partial charge on any atom is -0.359 e. The summed E-state index contributed by atoms with van der Waals surface area (Å²) in [5.74, 6) is 0.0133. The van der Waals surface area contributed by atoms with Gasteiger partial charge in [-0.2, -0.15) is 5.10 Å². The Labute approximate surface area is 165 Å². The van der Waals surface area contributed by atoms with Gasteiger partial charge in [0.1, 0.15) is 5.92 Å². The molecule has 1 atom stereocenters. The summed E-state index contributed by atoms with van der Waals surface area (Å²) in [5, 5.41) is 10.6. The number of carbonyl (C=O) groups excluding carboxylic acids is 1. The molecule has 1 amide bonds. The fourth-order valence-electron chi connectivity index (χ4n) is 4.10. The summed E-state index contributed by atoms with van der Waals surface area (Å²) in [6, 6.07) is 0. The molecule has 1 unspecified atom stereocenters. The van der Waals surface area contributed by atoms with E-state index < -0.39 is 5.92 Å². The zero-order chi connectivity index (χ0) is 19.5. The summed E-state index contributed by atoms with van der Waals surface area (Å²) in [7, 11) is 0. The molecule has 1 fully saturated rings. The van der Waals surface area contributed by atoms with Gasteiger partial charge in [-0.05, 0) is 62.4 Å². The summed E-state index contributed by atoms with van der Waals surface area (Å²) in [5.41, 5.74) is 9.28. The minimum atomic E-state index is -0.458. The van der Waals surface area contributed by atoms with E-state index in [2.05, 4.69) is 51.1 Å². The number of aromatic amines is 1. The Morgan fingerprint density at radius 2 is 2.21 bits per heavy atom. The predicted molar refractivity (Wildman–Crippen MR) is 112 cm³/mol. The van der Waals surface area contributed by atoms with E-state index in [1.165, 1.54) is 36.1 Å².